The van der Waals surface area contributed by atoms with Crippen LogP contribution in [0.15, 0.2) is 42.1 Å². The Morgan fingerprint density at radius 3 is 2.36 bits per heavy atom. The molecule has 0 N–H and O–H groups in total. The van der Waals surface area contributed by atoms with Crippen LogP contribution in [-0.2, 0) is 4.79 Å². The normalized spacial score (nSPS) is 27.1. The van der Waals surface area contributed by atoms with Gasteiger partial charge in [0.1, 0.15) is 0 Å². The molecule has 2 aliphatic rings. The van der Waals surface area contributed by atoms with E-state index >= 15 is 0 Å². The second-order valence-electron chi connectivity index (χ2n) is 8.64. The molecule has 4 heteroatoms. The van der Waals surface area contributed by atoms with Crippen LogP contribution in [0.5, 0.6) is 0 Å². The summed E-state index contributed by atoms with van der Waals surface area (Å²) in [5.41, 5.74) is -0.316. The van der Waals surface area contributed by atoms with Gasteiger partial charge >= 0.3 is 0 Å². The number of ketones is 1. The highest BCUT2D eigenvalue weighted by molar-refractivity contribution is 6.02. The second kappa shape index (κ2) is 5.56. The molecule has 1 aliphatic carbocycles. The Labute approximate surface area is 149 Å². The van der Waals surface area contributed by atoms with Crippen molar-refractivity contribution in [2.24, 2.45) is 10.8 Å². The van der Waals surface area contributed by atoms with Crippen molar-refractivity contribution >= 4 is 11.7 Å². The molecule has 0 aromatic heterocycles. The van der Waals surface area contributed by atoms with Gasteiger partial charge in [-0.05, 0) is 38.8 Å². The van der Waals surface area contributed by atoms with E-state index in [1.54, 1.807) is 0 Å². The lowest BCUT2D eigenvalue weighted by atomic mass is 9.64. The monoisotopic (exact) mass is 336 g/mol. The number of Topliss-reactive ketones (excluding diaryl/α,β-unsaturated/α-hetero) is 1. The Kier molecular flexibility index (Phi) is 3.87. The minimum absolute atomic E-state index is 0.00921. The van der Waals surface area contributed by atoms with Crippen LogP contribution in [0.25, 0.3) is 4.85 Å². The molecule has 1 spiro atoms. The van der Waals surface area contributed by atoms with Crippen molar-refractivity contribution in [1.29, 1.82) is 0 Å². The van der Waals surface area contributed by atoms with Gasteiger partial charge in [0.2, 0.25) is 5.70 Å². The average Bonchev–Trinajstić information content (AvgIpc) is 2.81. The summed E-state index contributed by atoms with van der Waals surface area (Å²) in [6.45, 7) is 15.9. The molecule has 3 rings (SSSR count). The van der Waals surface area contributed by atoms with Crippen molar-refractivity contribution in [3.8, 4) is 0 Å². The highest BCUT2D eigenvalue weighted by atomic mass is 16.2. The molecule has 1 heterocycles. The quantitative estimate of drug-likeness (QED) is 0.725. The van der Waals surface area contributed by atoms with Crippen LogP contribution in [0.1, 0.15) is 50.9 Å². The van der Waals surface area contributed by atoms with Crippen LogP contribution in [0.3, 0.4) is 0 Å². The van der Waals surface area contributed by atoms with E-state index in [1.165, 1.54) is 0 Å². The number of hydrogen-bond donors (Lipinski definition) is 0. The fraction of sp³-hybridized carbons (Fsp3) is 0.476. The lowest BCUT2D eigenvalue weighted by Crippen LogP contribution is -2.43. The molecule has 1 aromatic carbocycles. The third kappa shape index (κ3) is 2.89. The standard InChI is InChI=1S/C21H24N2O2/c1-19(2)12-21(11-16(22-5)17(19)24)13-20(3,4)23(14-21)18(25)15-9-7-6-8-10-15/h6-11H,12-14H2,1-4H3. The number of hydrogen-bond acceptors (Lipinski definition) is 2. The molecule has 0 bridgehead atoms. The van der Waals surface area contributed by atoms with E-state index in [-0.39, 0.29) is 28.3 Å². The summed E-state index contributed by atoms with van der Waals surface area (Å²) in [6, 6.07) is 9.29. The van der Waals surface area contributed by atoms with E-state index in [0.29, 0.717) is 18.5 Å². The summed E-state index contributed by atoms with van der Waals surface area (Å²) in [5.74, 6) is -0.0753. The number of carbonyl (C=O) groups is 2. The molecule has 1 unspecified atom stereocenters. The molecule has 1 amide bonds. The van der Waals surface area contributed by atoms with Gasteiger partial charge in [-0.25, -0.2) is 4.85 Å². The van der Waals surface area contributed by atoms with E-state index in [4.69, 9.17) is 6.57 Å². The van der Waals surface area contributed by atoms with Gasteiger partial charge in [-0.2, -0.15) is 0 Å². The number of nitrogens with zero attached hydrogens (tertiary/aromatic N) is 2. The molecular formula is C21H24N2O2. The van der Waals surface area contributed by atoms with Crippen LogP contribution >= 0.6 is 0 Å². The van der Waals surface area contributed by atoms with Gasteiger partial charge in [-0.15, -0.1) is 0 Å². The molecular weight excluding hydrogens is 312 g/mol. The third-order valence-electron chi connectivity index (χ3n) is 5.46. The molecule has 1 atom stereocenters. The van der Waals surface area contributed by atoms with Crippen molar-refractivity contribution in [2.45, 2.75) is 46.1 Å². The minimum atomic E-state index is -0.573. The van der Waals surface area contributed by atoms with Gasteiger partial charge in [0, 0.05) is 28.5 Å². The summed E-state index contributed by atoms with van der Waals surface area (Å²) in [5, 5.41) is 0. The lowest BCUT2D eigenvalue weighted by molar-refractivity contribution is -0.125. The Bertz CT molecular complexity index is 799. The molecule has 25 heavy (non-hydrogen) atoms. The summed E-state index contributed by atoms with van der Waals surface area (Å²) < 4.78 is 0. The van der Waals surface area contributed by atoms with Crippen molar-refractivity contribution in [3.63, 3.8) is 0 Å². The molecule has 1 fully saturated rings. The van der Waals surface area contributed by atoms with Gasteiger partial charge < -0.3 is 9.69 Å². The molecule has 0 radical (unpaired) electrons. The van der Waals surface area contributed by atoms with E-state index in [0.717, 1.165) is 6.42 Å². The van der Waals surface area contributed by atoms with Crippen molar-refractivity contribution in [1.82, 2.24) is 4.90 Å². The largest absolute Gasteiger partial charge is 0.333 e. The smallest absolute Gasteiger partial charge is 0.254 e. The first-order chi connectivity index (χ1) is 11.6. The fourth-order valence-electron chi connectivity index (χ4n) is 4.64. The van der Waals surface area contributed by atoms with E-state index in [1.807, 2.05) is 55.2 Å². The first-order valence-corrected chi connectivity index (χ1v) is 8.62. The molecule has 1 saturated heterocycles. The Morgan fingerprint density at radius 2 is 1.76 bits per heavy atom. The van der Waals surface area contributed by atoms with Gasteiger partial charge in [0.15, 0.2) is 5.78 Å². The van der Waals surface area contributed by atoms with Gasteiger partial charge in [0.05, 0.1) is 6.57 Å². The first kappa shape index (κ1) is 17.4. The van der Waals surface area contributed by atoms with Crippen LogP contribution < -0.4 is 0 Å². The van der Waals surface area contributed by atoms with E-state index in [2.05, 4.69) is 18.7 Å². The average molecular weight is 336 g/mol. The molecule has 0 saturated carbocycles. The Balaban J connectivity index is 2.00. The molecule has 4 nitrogen and oxygen atoms in total. The maximum atomic E-state index is 13.0. The number of likely N-dealkylation sites (tertiary alicyclic amines) is 1. The summed E-state index contributed by atoms with van der Waals surface area (Å²) >= 11 is 0. The summed E-state index contributed by atoms with van der Waals surface area (Å²) in [7, 11) is 0. The molecule has 1 aromatic rings. The number of carbonyl (C=O) groups excluding carboxylic acids is 2. The predicted octanol–water partition coefficient (Wildman–Crippen LogP) is 4.10. The number of amides is 1. The second-order valence-corrected chi connectivity index (χ2v) is 8.64. The van der Waals surface area contributed by atoms with E-state index < -0.39 is 5.41 Å². The number of allylic oxidation sites excluding steroid dienone is 1. The third-order valence-corrected chi connectivity index (χ3v) is 5.46. The SMILES string of the molecule is [C-]#[N+]C1=CC2(CN(C(=O)c3ccccc3)C(C)(C)C2)CC(C)(C)C1=O. The zero-order valence-electron chi connectivity index (χ0n) is 15.3. The van der Waals surface area contributed by atoms with Crippen molar-refractivity contribution in [2.75, 3.05) is 6.54 Å². The van der Waals surface area contributed by atoms with Crippen LogP contribution in [-0.4, -0.2) is 28.7 Å². The Hall–Kier alpha value is -2.41. The maximum Gasteiger partial charge on any atom is 0.254 e. The van der Waals surface area contributed by atoms with Crippen LogP contribution in [0.2, 0.25) is 0 Å². The molecule has 1 aliphatic heterocycles. The maximum absolute atomic E-state index is 13.0. The van der Waals surface area contributed by atoms with Gasteiger partial charge in [0.25, 0.3) is 5.91 Å². The predicted molar refractivity (Wildman–Crippen MR) is 96.7 cm³/mol. The summed E-state index contributed by atoms with van der Waals surface area (Å²) in [6.07, 6.45) is 3.27. The zero-order chi connectivity index (χ0) is 18.5. The minimum Gasteiger partial charge on any atom is -0.333 e. The summed E-state index contributed by atoms with van der Waals surface area (Å²) in [4.78, 5) is 30.9. The molecule has 130 valence electrons. The van der Waals surface area contributed by atoms with Gasteiger partial charge in [-0.3, -0.25) is 4.79 Å². The fourth-order valence-corrected chi connectivity index (χ4v) is 4.64. The highest BCUT2D eigenvalue weighted by Gasteiger charge is 2.54. The van der Waals surface area contributed by atoms with Crippen molar-refractivity contribution in [3.05, 3.63) is 59.1 Å². The van der Waals surface area contributed by atoms with Crippen LogP contribution in [0, 0.1) is 17.4 Å². The van der Waals surface area contributed by atoms with Gasteiger partial charge in [-0.1, -0.05) is 38.1 Å². The number of rotatable bonds is 1. The lowest BCUT2D eigenvalue weighted by Gasteiger charge is -2.39. The Morgan fingerprint density at radius 1 is 1.12 bits per heavy atom. The van der Waals surface area contributed by atoms with E-state index in [9.17, 15) is 9.59 Å². The highest BCUT2D eigenvalue weighted by Crippen LogP contribution is 2.53. The van der Waals surface area contributed by atoms with Crippen LogP contribution in [0.4, 0.5) is 0 Å². The van der Waals surface area contributed by atoms with Crippen molar-refractivity contribution < 1.29 is 9.59 Å². The zero-order valence-corrected chi connectivity index (χ0v) is 15.3. The number of benzene rings is 1. The first-order valence-electron chi connectivity index (χ1n) is 8.62. The topological polar surface area (TPSA) is 41.7 Å².